The van der Waals surface area contributed by atoms with Crippen LogP contribution in [0.3, 0.4) is 0 Å². The molecule has 0 aliphatic carbocycles. The maximum absolute atomic E-state index is 6.07. The Hall–Kier alpha value is -1.33. The predicted octanol–water partition coefficient (Wildman–Crippen LogP) is 3.69. The monoisotopic (exact) mass is 349 g/mol. The average molecular weight is 350 g/mol. The van der Waals surface area contributed by atoms with E-state index in [1.807, 2.05) is 17.4 Å². The zero-order valence-corrected chi connectivity index (χ0v) is 13.6. The van der Waals surface area contributed by atoms with E-state index < -0.39 is 0 Å². The van der Waals surface area contributed by atoms with Gasteiger partial charge in [-0.05, 0) is 34.5 Å². The summed E-state index contributed by atoms with van der Waals surface area (Å²) in [5.41, 5.74) is 7.32. The zero-order chi connectivity index (χ0) is 14.1. The summed E-state index contributed by atoms with van der Waals surface area (Å²) in [7, 11) is 0. The second-order valence-electron chi connectivity index (χ2n) is 4.88. The summed E-state index contributed by atoms with van der Waals surface area (Å²) in [6.07, 6.45) is 0. The second kappa shape index (κ2) is 5.58. The Morgan fingerprint density at radius 3 is 2.80 bits per heavy atom. The van der Waals surface area contributed by atoms with Crippen LogP contribution in [0.2, 0.25) is 0 Å². The zero-order valence-electron chi connectivity index (χ0n) is 11.2. The molecule has 3 nitrogen and oxygen atoms in total. The normalized spacial score (nSPS) is 18.4. The minimum absolute atomic E-state index is 0.255. The van der Waals surface area contributed by atoms with Crippen molar-refractivity contribution in [3.63, 3.8) is 0 Å². The van der Waals surface area contributed by atoms with Gasteiger partial charge in [-0.1, -0.05) is 30.3 Å². The van der Waals surface area contributed by atoms with Crippen molar-refractivity contribution in [3.8, 4) is 0 Å². The lowest BCUT2D eigenvalue weighted by atomic mass is 10.1. The van der Waals surface area contributed by atoms with Gasteiger partial charge in [0.1, 0.15) is 0 Å². The first-order chi connectivity index (χ1) is 9.65. The number of rotatable bonds is 3. The SMILES string of the molecule is Cc1sc(C2CN=C(N)N2Cc2ccccc2)cc1Br. The van der Waals surface area contributed by atoms with Crippen molar-refractivity contribution in [2.45, 2.75) is 19.5 Å². The van der Waals surface area contributed by atoms with E-state index in [9.17, 15) is 0 Å². The van der Waals surface area contributed by atoms with E-state index >= 15 is 0 Å². The number of halogens is 1. The van der Waals surface area contributed by atoms with Gasteiger partial charge in [0.25, 0.3) is 0 Å². The van der Waals surface area contributed by atoms with E-state index in [-0.39, 0.29) is 6.04 Å². The third-order valence-electron chi connectivity index (χ3n) is 3.50. The van der Waals surface area contributed by atoms with E-state index in [0.717, 1.165) is 13.1 Å². The van der Waals surface area contributed by atoms with Crippen LogP contribution in [0.15, 0.2) is 45.9 Å². The summed E-state index contributed by atoms with van der Waals surface area (Å²) in [5, 5.41) is 0. The number of aryl methyl sites for hydroxylation is 1. The summed E-state index contributed by atoms with van der Waals surface area (Å²) < 4.78 is 1.17. The maximum Gasteiger partial charge on any atom is 0.192 e. The first-order valence-corrected chi connectivity index (χ1v) is 8.12. The van der Waals surface area contributed by atoms with Gasteiger partial charge in [-0.25, -0.2) is 0 Å². The largest absolute Gasteiger partial charge is 0.370 e. The molecule has 3 rings (SSSR count). The lowest BCUT2D eigenvalue weighted by Gasteiger charge is -2.25. The molecular formula is C15H16BrN3S. The van der Waals surface area contributed by atoms with Crippen molar-refractivity contribution in [1.82, 2.24) is 4.90 Å². The van der Waals surface area contributed by atoms with Gasteiger partial charge < -0.3 is 10.6 Å². The summed E-state index contributed by atoms with van der Waals surface area (Å²) in [6.45, 7) is 3.67. The molecule has 104 valence electrons. The van der Waals surface area contributed by atoms with Crippen molar-refractivity contribution < 1.29 is 0 Å². The molecule has 1 aliphatic heterocycles. The minimum Gasteiger partial charge on any atom is -0.370 e. The van der Waals surface area contributed by atoms with Crippen LogP contribution >= 0.6 is 27.3 Å². The molecule has 1 aromatic heterocycles. The molecule has 0 amide bonds. The number of hydrogen-bond acceptors (Lipinski definition) is 4. The highest BCUT2D eigenvalue weighted by Gasteiger charge is 2.29. The molecular weight excluding hydrogens is 334 g/mol. The smallest absolute Gasteiger partial charge is 0.192 e. The number of aliphatic imine (C=N–C) groups is 1. The van der Waals surface area contributed by atoms with Crippen LogP contribution < -0.4 is 5.73 Å². The third kappa shape index (κ3) is 2.60. The van der Waals surface area contributed by atoms with Crippen molar-refractivity contribution in [1.29, 1.82) is 0 Å². The minimum atomic E-state index is 0.255. The molecule has 5 heteroatoms. The molecule has 20 heavy (non-hydrogen) atoms. The molecule has 0 radical (unpaired) electrons. The van der Waals surface area contributed by atoms with E-state index in [1.165, 1.54) is 19.8 Å². The average Bonchev–Trinajstić information content (AvgIpc) is 2.96. The lowest BCUT2D eigenvalue weighted by Crippen LogP contribution is -2.35. The van der Waals surface area contributed by atoms with Crippen LogP contribution in [0.25, 0.3) is 0 Å². The van der Waals surface area contributed by atoms with E-state index in [0.29, 0.717) is 5.96 Å². The number of hydrogen-bond donors (Lipinski definition) is 1. The highest BCUT2D eigenvalue weighted by atomic mass is 79.9. The van der Waals surface area contributed by atoms with Gasteiger partial charge in [-0.3, -0.25) is 4.99 Å². The van der Waals surface area contributed by atoms with Crippen molar-refractivity contribution in [3.05, 3.63) is 56.2 Å². The molecule has 1 atom stereocenters. The Kier molecular flexibility index (Phi) is 3.81. The highest BCUT2D eigenvalue weighted by molar-refractivity contribution is 9.10. The summed E-state index contributed by atoms with van der Waals surface area (Å²) in [4.78, 5) is 9.22. The van der Waals surface area contributed by atoms with Gasteiger partial charge in [-0.15, -0.1) is 11.3 Å². The summed E-state index contributed by atoms with van der Waals surface area (Å²) in [5.74, 6) is 0.640. The molecule has 2 N–H and O–H groups in total. The summed E-state index contributed by atoms with van der Waals surface area (Å²) >= 11 is 5.40. The number of nitrogens with zero attached hydrogens (tertiary/aromatic N) is 2. The molecule has 0 saturated carbocycles. The Morgan fingerprint density at radius 1 is 1.40 bits per heavy atom. The Bertz CT molecular complexity index is 616. The van der Waals surface area contributed by atoms with Crippen LogP contribution in [0, 0.1) is 6.92 Å². The van der Waals surface area contributed by atoms with Gasteiger partial charge in [0, 0.05) is 20.8 Å². The van der Waals surface area contributed by atoms with Gasteiger partial charge >= 0.3 is 0 Å². The molecule has 1 aromatic carbocycles. The van der Waals surface area contributed by atoms with Crippen LogP contribution in [0.1, 0.15) is 21.4 Å². The molecule has 0 bridgehead atoms. The summed E-state index contributed by atoms with van der Waals surface area (Å²) in [6, 6.07) is 12.8. The number of guanidine groups is 1. The number of nitrogens with two attached hydrogens (primary N) is 1. The Balaban J connectivity index is 1.85. The Labute approximate surface area is 131 Å². The Morgan fingerprint density at radius 2 is 2.15 bits per heavy atom. The van der Waals surface area contributed by atoms with Crippen LogP contribution in [-0.4, -0.2) is 17.4 Å². The number of thiophene rings is 1. The molecule has 1 aliphatic rings. The number of benzene rings is 1. The van der Waals surface area contributed by atoms with Gasteiger partial charge in [0.15, 0.2) is 5.96 Å². The molecule has 0 spiro atoms. The molecule has 2 heterocycles. The van der Waals surface area contributed by atoms with Crippen LogP contribution in [-0.2, 0) is 6.54 Å². The van der Waals surface area contributed by atoms with Gasteiger partial charge in [0.05, 0.1) is 12.6 Å². The van der Waals surface area contributed by atoms with Crippen molar-refractivity contribution >= 4 is 33.2 Å². The molecule has 1 unspecified atom stereocenters. The first kappa shape index (κ1) is 13.6. The van der Waals surface area contributed by atoms with Crippen LogP contribution in [0.4, 0.5) is 0 Å². The second-order valence-corrected chi connectivity index (χ2v) is 7.02. The highest BCUT2D eigenvalue weighted by Crippen LogP contribution is 2.36. The van der Waals surface area contributed by atoms with E-state index in [4.69, 9.17) is 5.73 Å². The lowest BCUT2D eigenvalue weighted by molar-refractivity contribution is 0.344. The standard InChI is InChI=1S/C15H16BrN3S/c1-10-12(16)7-14(20-10)13-8-18-15(17)19(13)9-11-5-3-2-4-6-11/h2-7,13H,8-9H2,1H3,(H2,17,18). The van der Waals surface area contributed by atoms with Gasteiger partial charge in [-0.2, -0.15) is 0 Å². The molecule has 0 saturated heterocycles. The topological polar surface area (TPSA) is 41.6 Å². The van der Waals surface area contributed by atoms with Gasteiger partial charge in [0.2, 0.25) is 0 Å². The predicted molar refractivity (Wildman–Crippen MR) is 88.0 cm³/mol. The van der Waals surface area contributed by atoms with Crippen LogP contribution in [0.5, 0.6) is 0 Å². The van der Waals surface area contributed by atoms with E-state index in [2.05, 4.69) is 63.1 Å². The first-order valence-electron chi connectivity index (χ1n) is 6.51. The fourth-order valence-electron chi connectivity index (χ4n) is 2.39. The maximum atomic E-state index is 6.07. The fourth-order valence-corrected chi connectivity index (χ4v) is 4.06. The molecule has 2 aromatic rings. The van der Waals surface area contributed by atoms with Crippen molar-refractivity contribution in [2.24, 2.45) is 10.7 Å². The van der Waals surface area contributed by atoms with Crippen molar-refractivity contribution in [2.75, 3.05) is 6.54 Å². The fraction of sp³-hybridized carbons (Fsp3) is 0.267. The molecule has 0 fully saturated rings. The quantitative estimate of drug-likeness (QED) is 0.917. The third-order valence-corrected chi connectivity index (χ3v) is 5.73. The van der Waals surface area contributed by atoms with E-state index in [1.54, 1.807) is 0 Å².